The van der Waals surface area contributed by atoms with Crippen molar-refractivity contribution < 1.29 is 33.7 Å². The molecule has 0 aliphatic carbocycles. The zero-order valence-electron chi connectivity index (χ0n) is 22.2. The first-order valence-electron chi connectivity index (χ1n) is 12.7. The molecule has 4 aromatic carbocycles. The van der Waals surface area contributed by atoms with Gasteiger partial charge in [-0.25, -0.2) is 9.59 Å². The summed E-state index contributed by atoms with van der Waals surface area (Å²) in [6, 6.07) is 23.8. The molecule has 0 saturated carbocycles. The van der Waals surface area contributed by atoms with Gasteiger partial charge in [0.2, 0.25) is 6.79 Å². The number of rotatable bonds is 12. The van der Waals surface area contributed by atoms with Gasteiger partial charge in [0.1, 0.15) is 11.5 Å². The number of aliphatic hydroxyl groups is 1. The molecule has 4 aromatic rings. The summed E-state index contributed by atoms with van der Waals surface area (Å²) < 4.78 is 15.7. The summed E-state index contributed by atoms with van der Waals surface area (Å²) >= 11 is 0. The average Bonchev–Trinajstić information content (AvgIpc) is 3.00. The number of carbonyl (C=O) groups excluding carboxylic acids is 3. The van der Waals surface area contributed by atoms with Crippen molar-refractivity contribution in [2.24, 2.45) is 0 Å². The molecule has 0 saturated heterocycles. The van der Waals surface area contributed by atoms with Gasteiger partial charge in [-0.1, -0.05) is 61.7 Å². The zero-order chi connectivity index (χ0) is 29.2. The first-order valence-corrected chi connectivity index (χ1v) is 12.7. The Labute approximate surface area is 237 Å². The maximum Gasteiger partial charge on any atom is 0.336 e. The van der Waals surface area contributed by atoms with Crippen molar-refractivity contribution in [2.75, 3.05) is 6.79 Å². The quantitative estimate of drug-likeness (QED) is 0.101. The normalized spacial score (nSPS) is 10.8. The monoisotopic (exact) mass is 548 g/mol. The van der Waals surface area contributed by atoms with Crippen molar-refractivity contribution in [2.45, 2.75) is 13.0 Å². The SMILES string of the molecule is C=CC(=O)Cc1ccc2cc(/C=C/C(=O)Oc3ccc(-c4ccc(OCOC(=O)C=C)cc4)cc3CO)ccc2c1. The van der Waals surface area contributed by atoms with Crippen LogP contribution in [0.5, 0.6) is 11.5 Å². The molecule has 0 amide bonds. The molecule has 0 fully saturated rings. The molecule has 0 heterocycles. The summed E-state index contributed by atoms with van der Waals surface area (Å²) in [4.78, 5) is 35.3. The second-order valence-electron chi connectivity index (χ2n) is 8.98. The molecule has 206 valence electrons. The Morgan fingerprint density at radius 3 is 2.24 bits per heavy atom. The fraction of sp³-hybridized carbons (Fsp3) is 0.0882. The molecular weight excluding hydrogens is 520 g/mol. The zero-order valence-corrected chi connectivity index (χ0v) is 22.2. The van der Waals surface area contributed by atoms with E-state index in [4.69, 9.17) is 14.2 Å². The van der Waals surface area contributed by atoms with Crippen LogP contribution in [0.4, 0.5) is 0 Å². The van der Waals surface area contributed by atoms with Crippen LogP contribution in [-0.4, -0.2) is 29.6 Å². The molecule has 7 nitrogen and oxygen atoms in total. The highest BCUT2D eigenvalue weighted by Gasteiger charge is 2.10. The number of esters is 2. The van der Waals surface area contributed by atoms with E-state index in [-0.39, 0.29) is 24.9 Å². The molecule has 0 aromatic heterocycles. The lowest BCUT2D eigenvalue weighted by Crippen LogP contribution is -2.07. The number of hydrogen-bond donors (Lipinski definition) is 1. The number of carbonyl (C=O) groups is 3. The highest BCUT2D eigenvalue weighted by Crippen LogP contribution is 2.28. The van der Waals surface area contributed by atoms with E-state index in [9.17, 15) is 19.5 Å². The Balaban J connectivity index is 1.39. The van der Waals surface area contributed by atoms with Crippen molar-refractivity contribution in [3.8, 4) is 22.6 Å². The van der Waals surface area contributed by atoms with Gasteiger partial charge < -0.3 is 19.3 Å². The van der Waals surface area contributed by atoms with Crippen LogP contribution in [0, 0.1) is 0 Å². The Hall–Kier alpha value is -5.27. The molecule has 0 unspecified atom stereocenters. The van der Waals surface area contributed by atoms with Gasteiger partial charge in [-0.05, 0) is 75.5 Å². The standard InChI is InChI=1S/C34H28O7/c1-3-30(36)19-24-6-9-26-17-23(5-8-27(26)18-24)7-16-34(38)41-32-15-12-28(20-29(32)21-35)25-10-13-31(14-11-25)39-22-40-33(37)4-2/h3-18,20,35H,1-2,19,21-22H2/b16-7+. The van der Waals surface area contributed by atoms with Crippen LogP contribution in [0.1, 0.15) is 16.7 Å². The van der Waals surface area contributed by atoms with Gasteiger partial charge in [0.25, 0.3) is 0 Å². The predicted molar refractivity (Wildman–Crippen MR) is 157 cm³/mol. The van der Waals surface area contributed by atoms with Crippen LogP contribution in [0.3, 0.4) is 0 Å². The van der Waals surface area contributed by atoms with Crippen LogP contribution in [0.25, 0.3) is 28.0 Å². The van der Waals surface area contributed by atoms with Crippen molar-refractivity contribution in [1.82, 2.24) is 0 Å². The van der Waals surface area contributed by atoms with E-state index in [1.54, 1.807) is 36.4 Å². The summed E-state index contributed by atoms with van der Waals surface area (Å²) in [5, 5.41) is 11.9. The molecule has 0 aliphatic rings. The lowest BCUT2D eigenvalue weighted by atomic mass is 10.0. The highest BCUT2D eigenvalue weighted by atomic mass is 16.7. The van der Waals surface area contributed by atoms with E-state index < -0.39 is 11.9 Å². The number of hydrogen-bond acceptors (Lipinski definition) is 7. The Bertz CT molecular complexity index is 1630. The number of allylic oxidation sites excluding steroid dienone is 1. The molecule has 0 aliphatic heterocycles. The lowest BCUT2D eigenvalue weighted by molar-refractivity contribution is -0.144. The third-order valence-electron chi connectivity index (χ3n) is 6.17. The van der Waals surface area contributed by atoms with Gasteiger partial charge in [0, 0.05) is 24.1 Å². The molecule has 0 bridgehead atoms. The van der Waals surface area contributed by atoms with E-state index in [2.05, 4.69) is 13.2 Å². The van der Waals surface area contributed by atoms with Gasteiger partial charge in [-0.2, -0.15) is 0 Å². The van der Waals surface area contributed by atoms with E-state index in [0.29, 0.717) is 17.7 Å². The second-order valence-corrected chi connectivity index (χ2v) is 8.98. The van der Waals surface area contributed by atoms with E-state index in [0.717, 1.165) is 39.1 Å². The third-order valence-corrected chi connectivity index (χ3v) is 6.17. The first kappa shape index (κ1) is 28.7. The van der Waals surface area contributed by atoms with Crippen molar-refractivity contribution in [3.63, 3.8) is 0 Å². The number of ether oxygens (including phenoxy) is 3. The average molecular weight is 549 g/mol. The van der Waals surface area contributed by atoms with Crippen LogP contribution >= 0.6 is 0 Å². The lowest BCUT2D eigenvalue weighted by Gasteiger charge is -2.11. The number of aliphatic hydroxyl groups excluding tert-OH is 1. The Morgan fingerprint density at radius 1 is 0.780 bits per heavy atom. The van der Waals surface area contributed by atoms with Gasteiger partial charge in [0.05, 0.1) is 6.61 Å². The summed E-state index contributed by atoms with van der Waals surface area (Å²) in [7, 11) is 0. The number of benzene rings is 4. The molecule has 0 radical (unpaired) electrons. The highest BCUT2D eigenvalue weighted by molar-refractivity contribution is 5.93. The minimum absolute atomic E-state index is 0.0346. The number of fused-ring (bicyclic) bond motifs is 1. The maximum absolute atomic E-state index is 12.6. The molecule has 4 rings (SSSR count). The second kappa shape index (κ2) is 13.7. The first-order chi connectivity index (χ1) is 19.9. The third kappa shape index (κ3) is 7.88. The maximum atomic E-state index is 12.6. The fourth-order valence-electron chi connectivity index (χ4n) is 4.05. The van der Waals surface area contributed by atoms with Crippen molar-refractivity contribution in [3.05, 3.63) is 127 Å². The number of ketones is 1. The fourth-order valence-corrected chi connectivity index (χ4v) is 4.05. The topological polar surface area (TPSA) is 99.1 Å². The van der Waals surface area contributed by atoms with Crippen molar-refractivity contribution in [1.29, 1.82) is 0 Å². The predicted octanol–water partition coefficient (Wildman–Crippen LogP) is 5.98. The minimum atomic E-state index is -0.579. The Morgan fingerprint density at radius 2 is 1.51 bits per heavy atom. The molecule has 41 heavy (non-hydrogen) atoms. The summed E-state index contributed by atoms with van der Waals surface area (Å²) in [5.74, 6) is -0.411. The van der Waals surface area contributed by atoms with E-state index >= 15 is 0 Å². The molecular formula is C34H28O7. The van der Waals surface area contributed by atoms with Gasteiger partial charge in [-0.3, -0.25) is 4.79 Å². The minimum Gasteiger partial charge on any atom is -0.457 e. The summed E-state index contributed by atoms with van der Waals surface area (Å²) in [6.07, 6.45) is 5.67. The molecule has 7 heteroatoms. The molecule has 0 spiro atoms. The molecule has 0 atom stereocenters. The van der Waals surface area contributed by atoms with Gasteiger partial charge in [0.15, 0.2) is 5.78 Å². The van der Waals surface area contributed by atoms with Crippen LogP contribution in [0.15, 0.2) is 110 Å². The van der Waals surface area contributed by atoms with E-state index in [1.165, 1.54) is 12.2 Å². The smallest absolute Gasteiger partial charge is 0.336 e. The van der Waals surface area contributed by atoms with Gasteiger partial charge in [-0.15, -0.1) is 0 Å². The Kier molecular flexibility index (Phi) is 9.59. The molecule has 1 N–H and O–H groups in total. The van der Waals surface area contributed by atoms with Crippen LogP contribution in [0.2, 0.25) is 0 Å². The van der Waals surface area contributed by atoms with Crippen LogP contribution in [-0.2, 0) is 32.1 Å². The largest absolute Gasteiger partial charge is 0.457 e. The van der Waals surface area contributed by atoms with E-state index in [1.807, 2.05) is 48.5 Å². The van der Waals surface area contributed by atoms with Gasteiger partial charge >= 0.3 is 11.9 Å². The van der Waals surface area contributed by atoms with Crippen LogP contribution < -0.4 is 9.47 Å². The summed E-state index contributed by atoms with van der Waals surface area (Å²) in [6.45, 7) is 6.28. The summed E-state index contributed by atoms with van der Waals surface area (Å²) in [5.41, 5.74) is 3.84. The van der Waals surface area contributed by atoms with Crippen molar-refractivity contribution >= 4 is 34.6 Å².